The largest absolute Gasteiger partial charge is 0.490 e. The van der Waals surface area contributed by atoms with Crippen LogP contribution in [-0.2, 0) is 0 Å². The summed E-state index contributed by atoms with van der Waals surface area (Å²) in [6, 6.07) is 5.19. The molecule has 0 amide bonds. The summed E-state index contributed by atoms with van der Waals surface area (Å²) in [4.78, 5) is 11.0. The Bertz CT molecular complexity index is 833. The van der Waals surface area contributed by atoms with E-state index in [1.807, 2.05) is 32.9 Å². The fourth-order valence-corrected chi connectivity index (χ4v) is 3.87. The van der Waals surface area contributed by atoms with Crippen LogP contribution < -0.4 is 14.2 Å². The second-order valence-corrected chi connectivity index (χ2v) is 7.47. The molecule has 2 aliphatic rings. The predicted octanol–water partition coefficient (Wildman–Crippen LogP) is 3.61. The third-order valence-electron chi connectivity index (χ3n) is 5.29. The minimum absolute atomic E-state index is 0.137. The van der Waals surface area contributed by atoms with E-state index in [0.29, 0.717) is 30.5 Å². The summed E-state index contributed by atoms with van der Waals surface area (Å²) in [7, 11) is 0. The van der Waals surface area contributed by atoms with Crippen molar-refractivity contribution in [2.75, 3.05) is 26.3 Å². The van der Waals surface area contributed by atoms with Crippen LogP contribution in [0.15, 0.2) is 18.2 Å². The van der Waals surface area contributed by atoms with Crippen molar-refractivity contribution in [2.45, 2.75) is 45.8 Å². The average molecular weight is 387 g/mol. The number of piperidine rings is 1. The monoisotopic (exact) mass is 387 g/mol. The Balaban J connectivity index is 1.39. The topological polar surface area (TPSA) is 56.7 Å². The third kappa shape index (κ3) is 4.04. The van der Waals surface area contributed by atoms with Crippen LogP contribution in [0.4, 0.5) is 4.39 Å². The predicted molar refractivity (Wildman–Crippen MR) is 103 cm³/mol. The van der Waals surface area contributed by atoms with E-state index in [2.05, 4.69) is 14.9 Å². The van der Waals surface area contributed by atoms with E-state index in [4.69, 9.17) is 14.2 Å². The first-order chi connectivity index (χ1) is 13.5. The summed E-state index contributed by atoms with van der Waals surface area (Å²) in [5.74, 6) is 1.29. The zero-order chi connectivity index (χ0) is 19.7. The highest BCUT2D eigenvalue weighted by atomic mass is 19.1. The van der Waals surface area contributed by atoms with Crippen LogP contribution in [0.5, 0.6) is 17.4 Å². The minimum Gasteiger partial charge on any atom is -0.490 e. The Morgan fingerprint density at radius 3 is 2.46 bits per heavy atom. The lowest BCUT2D eigenvalue weighted by Gasteiger charge is -2.36. The first kappa shape index (κ1) is 18.9. The van der Waals surface area contributed by atoms with Gasteiger partial charge < -0.3 is 14.2 Å². The van der Waals surface area contributed by atoms with E-state index in [9.17, 15) is 4.39 Å². The van der Waals surface area contributed by atoms with Crippen molar-refractivity contribution in [1.82, 2.24) is 14.9 Å². The van der Waals surface area contributed by atoms with Crippen LogP contribution in [-0.4, -0.2) is 47.3 Å². The molecule has 28 heavy (non-hydrogen) atoms. The Morgan fingerprint density at radius 2 is 1.75 bits per heavy atom. The third-order valence-corrected chi connectivity index (χ3v) is 5.29. The standard InChI is InChI=1S/C21H26FN3O3/c1-13-10-17(11-14(2)23-13)28-16-4-6-25(7-5-16)15(3)20-18(22)12-19-21(24-20)27-9-8-26-19/h10-12,15-16H,4-9H2,1-3H3. The lowest BCUT2D eigenvalue weighted by Crippen LogP contribution is -2.40. The van der Waals surface area contributed by atoms with E-state index >= 15 is 0 Å². The first-order valence-corrected chi connectivity index (χ1v) is 9.81. The molecular weight excluding hydrogens is 361 g/mol. The number of hydrogen-bond donors (Lipinski definition) is 0. The van der Waals surface area contributed by atoms with Crippen LogP contribution in [0.3, 0.4) is 0 Å². The molecule has 0 saturated carbocycles. The van der Waals surface area contributed by atoms with Gasteiger partial charge in [-0.1, -0.05) is 0 Å². The van der Waals surface area contributed by atoms with Gasteiger partial charge in [0.1, 0.15) is 30.9 Å². The molecule has 2 aliphatic heterocycles. The van der Waals surface area contributed by atoms with E-state index < -0.39 is 0 Å². The number of nitrogens with zero attached hydrogens (tertiary/aromatic N) is 3. The summed E-state index contributed by atoms with van der Waals surface area (Å²) in [6.07, 6.45) is 1.93. The molecular formula is C21H26FN3O3. The summed E-state index contributed by atoms with van der Waals surface area (Å²) in [6.45, 7) is 8.44. The molecule has 1 saturated heterocycles. The van der Waals surface area contributed by atoms with E-state index in [1.54, 1.807) is 0 Å². The zero-order valence-corrected chi connectivity index (χ0v) is 16.6. The fraction of sp³-hybridized carbons (Fsp3) is 0.524. The van der Waals surface area contributed by atoms with Crippen molar-refractivity contribution in [3.05, 3.63) is 41.1 Å². The number of ether oxygens (including phenoxy) is 3. The van der Waals surface area contributed by atoms with Crippen LogP contribution in [0.2, 0.25) is 0 Å². The van der Waals surface area contributed by atoms with Gasteiger partial charge in [0.25, 0.3) is 5.88 Å². The first-order valence-electron chi connectivity index (χ1n) is 9.81. The van der Waals surface area contributed by atoms with Gasteiger partial charge in [-0.25, -0.2) is 9.37 Å². The molecule has 2 aromatic rings. The molecule has 1 fully saturated rings. The van der Waals surface area contributed by atoms with Gasteiger partial charge in [-0.2, -0.15) is 0 Å². The molecule has 7 heteroatoms. The molecule has 0 spiro atoms. The molecule has 150 valence electrons. The summed E-state index contributed by atoms with van der Waals surface area (Å²) >= 11 is 0. The van der Waals surface area contributed by atoms with E-state index in [0.717, 1.165) is 43.1 Å². The lowest BCUT2D eigenvalue weighted by atomic mass is 10.0. The van der Waals surface area contributed by atoms with Crippen LogP contribution in [0, 0.1) is 19.7 Å². The van der Waals surface area contributed by atoms with Crippen molar-refractivity contribution in [1.29, 1.82) is 0 Å². The maximum absolute atomic E-state index is 14.6. The lowest BCUT2D eigenvalue weighted by molar-refractivity contribution is 0.0768. The molecule has 2 aromatic heterocycles. The fourth-order valence-electron chi connectivity index (χ4n) is 3.87. The van der Waals surface area contributed by atoms with Gasteiger partial charge in [-0.15, -0.1) is 0 Å². The molecule has 4 rings (SSSR count). The number of pyridine rings is 2. The van der Waals surface area contributed by atoms with Crippen LogP contribution in [0.1, 0.15) is 42.9 Å². The number of fused-ring (bicyclic) bond motifs is 1. The van der Waals surface area contributed by atoms with Gasteiger partial charge in [-0.3, -0.25) is 9.88 Å². The van der Waals surface area contributed by atoms with Crippen molar-refractivity contribution < 1.29 is 18.6 Å². The molecule has 1 atom stereocenters. The second kappa shape index (κ2) is 7.91. The molecule has 0 N–H and O–H groups in total. The Kier molecular flexibility index (Phi) is 5.35. The summed E-state index contributed by atoms with van der Waals surface area (Å²) < 4.78 is 31.6. The van der Waals surface area contributed by atoms with Crippen molar-refractivity contribution in [3.8, 4) is 17.4 Å². The number of halogens is 1. The highest BCUT2D eigenvalue weighted by Gasteiger charge is 2.28. The highest BCUT2D eigenvalue weighted by molar-refractivity contribution is 5.37. The smallest absolute Gasteiger partial charge is 0.257 e. The quantitative estimate of drug-likeness (QED) is 0.799. The Hall–Kier alpha value is -2.41. The maximum atomic E-state index is 14.6. The molecule has 4 heterocycles. The van der Waals surface area contributed by atoms with E-state index in [1.165, 1.54) is 6.07 Å². The van der Waals surface area contributed by atoms with Crippen molar-refractivity contribution in [2.24, 2.45) is 0 Å². The average Bonchev–Trinajstić information content (AvgIpc) is 2.67. The summed E-state index contributed by atoms with van der Waals surface area (Å²) in [5, 5.41) is 0. The van der Waals surface area contributed by atoms with Gasteiger partial charge in [0.15, 0.2) is 5.75 Å². The van der Waals surface area contributed by atoms with Crippen molar-refractivity contribution >= 4 is 0 Å². The van der Waals surface area contributed by atoms with E-state index in [-0.39, 0.29) is 18.0 Å². The number of rotatable bonds is 4. The van der Waals surface area contributed by atoms with Gasteiger partial charge in [0.05, 0.1) is 11.7 Å². The minimum atomic E-state index is -0.349. The van der Waals surface area contributed by atoms with Crippen LogP contribution >= 0.6 is 0 Å². The Morgan fingerprint density at radius 1 is 1.07 bits per heavy atom. The summed E-state index contributed by atoms with van der Waals surface area (Å²) in [5.41, 5.74) is 2.33. The normalized spacial score (nSPS) is 18.7. The molecule has 0 bridgehead atoms. The van der Waals surface area contributed by atoms with Gasteiger partial charge in [0.2, 0.25) is 0 Å². The number of aryl methyl sites for hydroxylation is 2. The second-order valence-electron chi connectivity index (χ2n) is 7.47. The maximum Gasteiger partial charge on any atom is 0.257 e. The molecule has 6 nitrogen and oxygen atoms in total. The van der Waals surface area contributed by atoms with Gasteiger partial charge >= 0.3 is 0 Å². The molecule has 1 unspecified atom stereocenters. The molecule has 0 aliphatic carbocycles. The SMILES string of the molecule is Cc1cc(OC2CCN(C(C)c3nc4c(cc3F)OCCO4)CC2)cc(C)n1. The number of hydrogen-bond acceptors (Lipinski definition) is 6. The van der Waals surface area contributed by atoms with Gasteiger partial charge in [0, 0.05) is 42.7 Å². The number of aromatic nitrogens is 2. The highest BCUT2D eigenvalue weighted by Crippen LogP contribution is 2.34. The molecule has 0 aromatic carbocycles. The van der Waals surface area contributed by atoms with Crippen molar-refractivity contribution in [3.63, 3.8) is 0 Å². The zero-order valence-electron chi connectivity index (χ0n) is 16.6. The van der Waals surface area contributed by atoms with Gasteiger partial charge in [-0.05, 0) is 33.6 Å². The molecule has 0 radical (unpaired) electrons. The van der Waals surface area contributed by atoms with Crippen LogP contribution in [0.25, 0.3) is 0 Å². The Labute approximate surface area is 164 Å². The number of likely N-dealkylation sites (tertiary alicyclic amines) is 1.